The van der Waals surface area contributed by atoms with E-state index in [-0.39, 0.29) is 6.04 Å². The summed E-state index contributed by atoms with van der Waals surface area (Å²) in [6, 6.07) is 11.3. The summed E-state index contributed by atoms with van der Waals surface area (Å²) in [5.74, 6) is 0. The molecule has 0 aliphatic rings. The third-order valence-corrected chi connectivity index (χ3v) is 3.99. The quantitative estimate of drug-likeness (QED) is 0.833. The number of anilines is 2. The first-order chi connectivity index (χ1) is 8.60. The van der Waals surface area contributed by atoms with Gasteiger partial charge in [0.1, 0.15) is 0 Å². The number of thiophene rings is 1. The number of nitrogens with zero attached hydrogens (tertiary/aromatic N) is 1. The number of hydrogen-bond acceptors (Lipinski definition) is 4. The number of hydrogen-bond donors (Lipinski definition) is 2. The van der Waals surface area contributed by atoms with E-state index >= 15 is 0 Å². The number of nitrogens with one attached hydrogen (secondary N) is 1. The van der Waals surface area contributed by atoms with E-state index in [1.165, 1.54) is 11.3 Å². The first-order valence-corrected chi connectivity index (χ1v) is 6.61. The molecule has 0 bridgehead atoms. The lowest BCUT2D eigenvalue weighted by Crippen LogP contribution is -2.07. The molecule has 2 aromatic rings. The minimum absolute atomic E-state index is 0.123. The van der Waals surface area contributed by atoms with E-state index in [1.807, 2.05) is 25.1 Å². The monoisotopic (exact) mass is 277 g/mol. The van der Waals surface area contributed by atoms with Crippen molar-refractivity contribution in [2.45, 2.75) is 13.0 Å². The second-order valence-corrected chi connectivity index (χ2v) is 5.67. The van der Waals surface area contributed by atoms with E-state index in [0.717, 1.165) is 14.9 Å². The average Bonchev–Trinajstić information content (AvgIpc) is 2.78. The molecule has 0 saturated carbocycles. The number of halogens is 1. The molecule has 2 rings (SSSR count). The van der Waals surface area contributed by atoms with Gasteiger partial charge in [-0.05, 0) is 37.3 Å². The van der Waals surface area contributed by atoms with Gasteiger partial charge in [0.25, 0.3) is 0 Å². The van der Waals surface area contributed by atoms with Crippen molar-refractivity contribution in [3.63, 3.8) is 0 Å². The van der Waals surface area contributed by atoms with Crippen LogP contribution in [-0.4, -0.2) is 0 Å². The van der Waals surface area contributed by atoms with Gasteiger partial charge in [-0.15, -0.1) is 11.3 Å². The van der Waals surface area contributed by atoms with E-state index in [4.69, 9.17) is 22.6 Å². The molecule has 1 aromatic carbocycles. The molecule has 0 saturated heterocycles. The molecule has 1 unspecified atom stereocenters. The highest BCUT2D eigenvalue weighted by Crippen LogP contribution is 2.30. The van der Waals surface area contributed by atoms with Gasteiger partial charge < -0.3 is 11.1 Å². The highest BCUT2D eigenvalue weighted by Gasteiger charge is 2.09. The maximum Gasteiger partial charge on any atom is 0.0992 e. The molecule has 0 aliphatic carbocycles. The van der Waals surface area contributed by atoms with Crippen LogP contribution in [0.4, 0.5) is 11.4 Å². The molecule has 3 nitrogen and oxygen atoms in total. The smallest absolute Gasteiger partial charge is 0.0992 e. The molecule has 0 fully saturated rings. The molecule has 92 valence electrons. The largest absolute Gasteiger partial charge is 0.397 e. The number of nitriles is 1. The maximum atomic E-state index is 8.78. The molecular formula is C13H12ClN3S. The van der Waals surface area contributed by atoms with Gasteiger partial charge in [-0.25, -0.2) is 0 Å². The van der Waals surface area contributed by atoms with E-state index in [1.54, 1.807) is 12.1 Å². The number of nitrogens with two attached hydrogens (primary N) is 1. The Hall–Kier alpha value is -1.70. The second-order valence-electron chi connectivity index (χ2n) is 3.92. The standard InChI is InChI=1S/C13H12ClN3S/c1-8(12-4-5-13(14)18-12)17-11-3-2-9(7-15)6-10(11)16/h2-6,8,17H,16H2,1H3. The number of benzene rings is 1. The Morgan fingerprint density at radius 2 is 2.17 bits per heavy atom. The highest BCUT2D eigenvalue weighted by molar-refractivity contribution is 7.16. The van der Waals surface area contributed by atoms with Crippen molar-refractivity contribution < 1.29 is 0 Å². The van der Waals surface area contributed by atoms with Crippen LogP contribution in [-0.2, 0) is 0 Å². The summed E-state index contributed by atoms with van der Waals surface area (Å²) in [6.45, 7) is 2.04. The Bertz CT molecular complexity index is 601. The topological polar surface area (TPSA) is 61.8 Å². The molecular weight excluding hydrogens is 266 g/mol. The van der Waals surface area contributed by atoms with Crippen molar-refractivity contribution in [2.24, 2.45) is 0 Å². The van der Waals surface area contributed by atoms with Crippen LogP contribution in [0.5, 0.6) is 0 Å². The van der Waals surface area contributed by atoms with E-state index in [0.29, 0.717) is 11.3 Å². The molecule has 0 amide bonds. The van der Waals surface area contributed by atoms with Crippen LogP contribution >= 0.6 is 22.9 Å². The van der Waals surface area contributed by atoms with Crippen LogP contribution in [0.15, 0.2) is 30.3 Å². The van der Waals surface area contributed by atoms with Crippen molar-refractivity contribution in [2.75, 3.05) is 11.1 Å². The normalized spacial score (nSPS) is 11.8. The zero-order chi connectivity index (χ0) is 13.1. The van der Waals surface area contributed by atoms with Crippen LogP contribution in [0.25, 0.3) is 0 Å². The van der Waals surface area contributed by atoms with Crippen molar-refractivity contribution in [1.82, 2.24) is 0 Å². The summed E-state index contributed by atoms with van der Waals surface area (Å²) in [6.07, 6.45) is 0. The van der Waals surface area contributed by atoms with E-state index in [9.17, 15) is 0 Å². The lowest BCUT2D eigenvalue weighted by atomic mass is 10.1. The Kier molecular flexibility index (Phi) is 3.75. The Labute approximate surface area is 115 Å². The maximum absolute atomic E-state index is 8.78. The van der Waals surface area contributed by atoms with E-state index in [2.05, 4.69) is 11.4 Å². The summed E-state index contributed by atoms with van der Waals surface area (Å²) in [5.41, 5.74) is 7.85. The lowest BCUT2D eigenvalue weighted by molar-refractivity contribution is 0.909. The van der Waals surface area contributed by atoms with Gasteiger partial charge in [0, 0.05) is 4.88 Å². The van der Waals surface area contributed by atoms with Gasteiger partial charge in [0.05, 0.1) is 33.4 Å². The second kappa shape index (κ2) is 5.30. The molecule has 1 aromatic heterocycles. The van der Waals surface area contributed by atoms with Gasteiger partial charge >= 0.3 is 0 Å². The summed E-state index contributed by atoms with van der Waals surface area (Å²) in [4.78, 5) is 1.14. The summed E-state index contributed by atoms with van der Waals surface area (Å²) in [5, 5.41) is 12.1. The van der Waals surface area contributed by atoms with Crippen molar-refractivity contribution in [3.8, 4) is 6.07 Å². The number of rotatable bonds is 3. The summed E-state index contributed by atoms with van der Waals surface area (Å²) < 4.78 is 0.770. The minimum atomic E-state index is 0.123. The summed E-state index contributed by atoms with van der Waals surface area (Å²) >= 11 is 7.45. The fourth-order valence-electron chi connectivity index (χ4n) is 1.63. The molecule has 3 N–H and O–H groups in total. The third-order valence-electron chi connectivity index (χ3n) is 2.57. The molecule has 0 spiro atoms. The molecule has 0 aliphatic heterocycles. The fraction of sp³-hybridized carbons (Fsp3) is 0.154. The fourth-order valence-corrected chi connectivity index (χ4v) is 2.69. The molecule has 5 heteroatoms. The van der Waals surface area contributed by atoms with Gasteiger partial charge in [-0.1, -0.05) is 11.6 Å². The minimum Gasteiger partial charge on any atom is -0.397 e. The zero-order valence-corrected chi connectivity index (χ0v) is 11.3. The zero-order valence-electron chi connectivity index (χ0n) is 9.77. The van der Waals surface area contributed by atoms with Crippen LogP contribution < -0.4 is 11.1 Å². The van der Waals surface area contributed by atoms with Crippen molar-refractivity contribution in [3.05, 3.63) is 45.1 Å². The molecule has 0 radical (unpaired) electrons. The van der Waals surface area contributed by atoms with Gasteiger partial charge in [0.15, 0.2) is 0 Å². The SMILES string of the molecule is CC(Nc1ccc(C#N)cc1N)c1ccc(Cl)s1. The Morgan fingerprint density at radius 1 is 1.39 bits per heavy atom. The summed E-state index contributed by atoms with van der Waals surface area (Å²) in [7, 11) is 0. The predicted molar refractivity (Wildman–Crippen MR) is 76.9 cm³/mol. The first-order valence-electron chi connectivity index (χ1n) is 5.41. The molecule has 18 heavy (non-hydrogen) atoms. The molecule has 1 atom stereocenters. The average molecular weight is 278 g/mol. The predicted octanol–water partition coefficient (Wildman–Crippen LogP) is 4.03. The van der Waals surface area contributed by atoms with Gasteiger partial charge in [-0.3, -0.25) is 0 Å². The van der Waals surface area contributed by atoms with Gasteiger partial charge in [-0.2, -0.15) is 5.26 Å². The Morgan fingerprint density at radius 3 is 2.72 bits per heavy atom. The van der Waals surface area contributed by atoms with Crippen LogP contribution in [0.3, 0.4) is 0 Å². The number of nitrogen functional groups attached to an aromatic ring is 1. The van der Waals surface area contributed by atoms with Crippen LogP contribution in [0, 0.1) is 11.3 Å². The molecule has 1 heterocycles. The Balaban J connectivity index is 2.17. The van der Waals surface area contributed by atoms with Crippen LogP contribution in [0.2, 0.25) is 4.34 Å². The third kappa shape index (κ3) is 2.76. The van der Waals surface area contributed by atoms with Gasteiger partial charge in [0.2, 0.25) is 0 Å². The lowest BCUT2D eigenvalue weighted by Gasteiger charge is -2.15. The first kappa shape index (κ1) is 12.7. The van der Waals surface area contributed by atoms with Crippen molar-refractivity contribution in [1.29, 1.82) is 5.26 Å². The van der Waals surface area contributed by atoms with E-state index < -0.39 is 0 Å². The van der Waals surface area contributed by atoms with Crippen LogP contribution in [0.1, 0.15) is 23.4 Å². The van der Waals surface area contributed by atoms with Crippen molar-refractivity contribution >= 4 is 34.3 Å². The highest BCUT2D eigenvalue weighted by atomic mass is 35.5.